The van der Waals surface area contributed by atoms with E-state index in [1.165, 1.54) is 12.1 Å². The molecule has 118 valence electrons. The Morgan fingerprint density at radius 2 is 1.81 bits per heavy atom. The molecule has 1 rings (SSSR count). The average molecular weight is 297 g/mol. The van der Waals surface area contributed by atoms with Gasteiger partial charge in [0.25, 0.3) is 5.69 Å². The molecule has 1 aromatic rings. The van der Waals surface area contributed by atoms with Gasteiger partial charge in [0.2, 0.25) is 0 Å². The van der Waals surface area contributed by atoms with E-state index in [2.05, 4.69) is 10.2 Å². The van der Waals surface area contributed by atoms with Crippen molar-refractivity contribution in [2.75, 3.05) is 53.6 Å². The molecule has 0 heterocycles. The maximum atomic E-state index is 10.5. The Labute approximate surface area is 125 Å². The van der Waals surface area contributed by atoms with Gasteiger partial charge in [-0.1, -0.05) is 0 Å². The van der Waals surface area contributed by atoms with Gasteiger partial charge in [-0.3, -0.25) is 10.1 Å². The number of nitro groups is 1. The number of nitrogens with zero attached hydrogens (tertiary/aromatic N) is 2. The van der Waals surface area contributed by atoms with E-state index in [1.54, 1.807) is 12.1 Å². The monoisotopic (exact) mass is 297 g/mol. The van der Waals surface area contributed by atoms with E-state index in [0.29, 0.717) is 25.5 Å². The fourth-order valence-electron chi connectivity index (χ4n) is 1.52. The van der Waals surface area contributed by atoms with Crippen LogP contribution in [-0.4, -0.2) is 63.4 Å². The van der Waals surface area contributed by atoms with Gasteiger partial charge < -0.3 is 19.7 Å². The van der Waals surface area contributed by atoms with Crippen molar-refractivity contribution in [3.05, 3.63) is 34.4 Å². The molecule has 21 heavy (non-hydrogen) atoms. The Kier molecular flexibility index (Phi) is 8.34. The number of hydrogen-bond acceptors (Lipinski definition) is 6. The third kappa shape index (κ3) is 8.23. The summed E-state index contributed by atoms with van der Waals surface area (Å²) in [6, 6.07) is 6.06. The maximum absolute atomic E-state index is 10.5. The van der Waals surface area contributed by atoms with Crippen molar-refractivity contribution in [3.8, 4) is 5.75 Å². The fraction of sp³-hybridized carbons (Fsp3) is 0.571. The Bertz CT molecular complexity index is 409. The van der Waals surface area contributed by atoms with E-state index in [-0.39, 0.29) is 5.69 Å². The highest BCUT2D eigenvalue weighted by Gasteiger charge is 2.03. The number of nitrogens with one attached hydrogen (secondary N) is 1. The van der Waals surface area contributed by atoms with Crippen molar-refractivity contribution in [2.24, 2.45) is 0 Å². The molecule has 1 N–H and O–H groups in total. The summed E-state index contributed by atoms with van der Waals surface area (Å²) < 4.78 is 10.9. The summed E-state index contributed by atoms with van der Waals surface area (Å²) >= 11 is 0. The highest BCUT2D eigenvalue weighted by atomic mass is 16.6. The molecular formula is C14H23N3O4. The first-order chi connectivity index (χ1) is 10.1. The first-order valence-electron chi connectivity index (χ1n) is 6.90. The predicted molar refractivity (Wildman–Crippen MR) is 80.8 cm³/mol. The first-order valence-corrected chi connectivity index (χ1v) is 6.90. The van der Waals surface area contributed by atoms with Gasteiger partial charge in [0.1, 0.15) is 12.4 Å². The third-order valence-electron chi connectivity index (χ3n) is 2.70. The lowest BCUT2D eigenvalue weighted by Crippen LogP contribution is -2.26. The van der Waals surface area contributed by atoms with Crippen LogP contribution in [0.3, 0.4) is 0 Å². The lowest BCUT2D eigenvalue weighted by Gasteiger charge is -2.10. The molecule has 0 aliphatic heterocycles. The molecular weight excluding hydrogens is 274 g/mol. The van der Waals surface area contributed by atoms with Crippen molar-refractivity contribution in [1.82, 2.24) is 10.2 Å². The quantitative estimate of drug-likeness (QED) is 0.375. The number of non-ortho nitro benzene ring substituents is 1. The Morgan fingerprint density at radius 3 is 2.43 bits per heavy atom. The number of rotatable bonds is 11. The number of benzene rings is 1. The summed E-state index contributed by atoms with van der Waals surface area (Å²) in [7, 11) is 4.02. The summed E-state index contributed by atoms with van der Waals surface area (Å²) in [6.45, 7) is 4.31. The second-order valence-electron chi connectivity index (χ2n) is 4.77. The second kappa shape index (κ2) is 10.1. The van der Waals surface area contributed by atoms with E-state index in [1.807, 2.05) is 14.1 Å². The molecule has 0 aliphatic rings. The minimum Gasteiger partial charge on any atom is -0.492 e. The SMILES string of the molecule is CN(C)CCOCCNCCOc1ccc([N+](=O)[O-])cc1. The van der Waals surface area contributed by atoms with Crippen LogP contribution in [0.15, 0.2) is 24.3 Å². The van der Waals surface area contributed by atoms with Crippen LogP contribution in [0.4, 0.5) is 5.69 Å². The van der Waals surface area contributed by atoms with Crippen molar-refractivity contribution < 1.29 is 14.4 Å². The van der Waals surface area contributed by atoms with Crippen LogP contribution in [0.5, 0.6) is 5.75 Å². The summed E-state index contributed by atoms with van der Waals surface area (Å²) in [5.41, 5.74) is 0.0651. The van der Waals surface area contributed by atoms with Crippen LogP contribution in [0.1, 0.15) is 0 Å². The number of hydrogen-bond donors (Lipinski definition) is 1. The molecule has 0 saturated carbocycles. The highest BCUT2D eigenvalue weighted by molar-refractivity contribution is 5.35. The van der Waals surface area contributed by atoms with Gasteiger partial charge in [-0.15, -0.1) is 0 Å². The van der Waals surface area contributed by atoms with Gasteiger partial charge in [-0.05, 0) is 26.2 Å². The van der Waals surface area contributed by atoms with Gasteiger partial charge in [-0.25, -0.2) is 0 Å². The zero-order chi connectivity index (χ0) is 15.5. The maximum Gasteiger partial charge on any atom is 0.269 e. The molecule has 0 unspecified atom stereocenters. The topological polar surface area (TPSA) is 76.9 Å². The minimum absolute atomic E-state index is 0.0651. The van der Waals surface area contributed by atoms with Gasteiger partial charge >= 0.3 is 0 Å². The Morgan fingerprint density at radius 1 is 1.14 bits per heavy atom. The molecule has 7 heteroatoms. The molecule has 0 aliphatic carbocycles. The van der Waals surface area contributed by atoms with Gasteiger partial charge in [-0.2, -0.15) is 0 Å². The number of ether oxygens (including phenoxy) is 2. The second-order valence-corrected chi connectivity index (χ2v) is 4.77. The molecule has 0 amide bonds. The van der Waals surface area contributed by atoms with Crippen LogP contribution >= 0.6 is 0 Å². The molecule has 0 radical (unpaired) electrons. The zero-order valence-corrected chi connectivity index (χ0v) is 12.6. The van der Waals surface area contributed by atoms with Crippen LogP contribution in [0, 0.1) is 10.1 Å². The van der Waals surface area contributed by atoms with Crippen LogP contribution < -0.4 is 10.1 Å². The average Bonchev–Trinajstić information content (AvgIpc) is 2.45. The van der Waals surface area contributed by atoms with Crippen LogP contribution in [-0.2, 0) is 4.74 Å². The molecule has 0 saturated heterocycles. The summed E-state index contributed by atoms with van der Waals surface area (Å²) in [6.07, 6.45) is 0. The van der Waals surface area contributed by atoms with Crippen molar-refractivity contribution >= 4 is 5.69 Å². The molecule has 0 atom stereocenters. The largest absolute Gasteiger partial charge is 0.492 e. The Balaban J connectivity index is 2.00. The molecule has 0 bridgehead atoms. The summed E-state index contributed by atoms with van der Waals surface area (Å²) in [5.74, 6) is 0.629. The molecule has 0 aromatic heterocycles. The first kappa shape index (κ1) is 17.4. The van der Waals surface area contributed by atoms with E-state index >= 15 is 0 Å². The molecule has 7 nitrogen and oxygen atoms in total. The highest BCUT2D eigenvalue weighted by Crippen LogP contribution is 2.16. The van der Waals surface area contributed by atoms with Gasteiger partial charge in [0.15, 0.2) is 0 Å². The van der Waals surface area contributed by atoms with Crippen LogP contribution in [0.25, 0.3) is 0 Å². The third-order valence-corrected chi connectivity index (χ3v) is 2.70. The van der Waals surface area contributed by atoms with Crippen LogP contribution in [0.2, 0.25) is 0 Å². The fourth-order valence-corrected chi connectivity index (χ4v) is 1.52. The van der Waals surface area contributed by atoms with Crippen molar-refractivity contribution in [1.29, 1.82) is 0 Å². The van der Waals surface area contributed by atoms with Gasteiger partial charge in [0, 0.05) is 31.8 Å². The molecule has 1 aromatic carbocycles. The van der Waals surface area contributed by atoms with E-state index < -0.39 is 4.92 Å². The summed E-state index contributed by atoms with van der Waals surface area (Å²) in [4.78, 5) is 12.1. The normalized spacial score (nSPS) is 10.8. The zero-order valence-electron chi connectivity index (χ0n) is 12.6. The lowest BCUT2D eigenvalue weighted by atomic mass is 10.3. The number of likely N-dealkylation sites (N-methyl/N-ethyl adjacent to an activating group) is 1. The standard InChI is InChI=1S/C14H23N3O4/c1-16(2)9-12-20-10-7-15-8-11-21-14-5-3-13(4-6-14)17(18)19/h3-6,15H,7-12H2,1-2H3. The summed E-state index contributed by atoms with van der Waals surface area (Å²) in [5, 5.41) is 13.7. The molecule has 0 spiro atoms. The smallest absolute Gasteiger partial charge is 0.269 e. The predicted octanol–water partition coefficient (Wildman–Crippen LogP) is 1.14. The van der Waals surface area contributed by atoms with Crippen molar-refractivity contribution in [3.63, 3.8) is 0 Å². The lowest BCUT2D eigenvalue weighted by molar-refractivity contribution is -0.384. The van der Waals surface area contributed by atoms with E-state index in [9.17, 15) is 10.1 Å². The number of nitro benzene ring substituents is 1. The molecule has 0 fully saturated rings. The van der Waals surface area contributed by atoms with E-state index in [0.717, 1.165) is 19.7 Å². The van der Waals surface area contributed by atoms with Gasteiger partial charge in [0.05, 0.1) is 18.1 Å². The minimum atomic E-state index is -0.429. The Hall–Kier alpha value is -1.70. The van der Waals surface area contributed by atoms with E-state index in [4.69, 9.17) is 9.47 Å². The van der Waals surface area contributed by atoms with Crippen molar-refractivity contribution in [2.45, 2.75) is 0 Å².